The summed E-state index contributed by atoms with van der Waals surface area (Å²) in [5, 5.41) is 6.09. The standard InChI is InChI=1S/C15H17N5O/c1-10-4-6-18-14(7-10)20-15(21)13-9-16-8-12(19-13)11-3-2-5-17-11/h4,6-9,11,17H,2-3,5H2,1H3,(H,18,20,21). The maximum atomic E-state index is 12.2. The van der Waals surface area contributed by atoms with Gasteiger partial charge in [0.15, 0.2) is 0 Å². The van der Waals surface area contributed by atoms with Crippen LogP contribution in [-0.4, -0.2) is 27.4 Å². The molecule has 0 aromatic carbocycles. The van der Waals surface area contributed by atoms with Crippen molar-refractivity contribution in [1.82, 2.24) is 20.3 Å². The van der Waals surface area contributed by atoms with Crippen LogP contribution in [0.25, 0.3) is 0 Å². The van der Waals surface area contributed by atoms with E-state index >= 15 is 0 Å². The minimum Gasteiger partial charge on any atom is -0.309 e. The number of pyridine rings is 1. The molecule has 2 N–H and O–H groups in total. The molecule has 0 saturated carbocycles. The molecule has 3 heterocycles. The summed E-state index contributed by atoms with van der Waals surface area (Å²) in [5.41, 5.74) is 2.16. The number of carbonyl (C=O) groups excluding carboxylic acids is 1. The Labute approximate surface area is 123 Å². The molecule has 1 unspecified atom stereocenters. The van der Waals surface area contributed by atoms with Gasteiger partial charge in [0, 0.05) is 6.20 Å². The summed E-state index contributed by atoms with van der Waals surface area (Å²) in [6.07, 6.45) is 7.00. The monoisotopic (exact) mass is 283 g/mol. The Hall–Kier alpha value is -2.34. The van der Waals surface area contributed by atoms with Crippen molar-refractivity contribution < 1.29 is 4.79 Å². The van der Waals surface area contributed by atoms with E-state index in [0.717, 1.165) is 30.6 Å². The van der Waals surface area contributed by atoms with Gasteiger partial charge in [0.05, 0.1) is 24.1 Å². The van der Waals surface area contributed by atoms with Gasteiger partial charge in [-0.1, -0.05) is 0 Å². The van der Waals surface area contributed by atoms with Crippen LogP contribution < -0.4 is 10.6 Å². The van der Waals surface area contributed by atoms with Crippen LogP contribution in [0.1, 0.15) is 40.6 Å². The summed E-state index contributed by atoms with van der Waals surface area (Å²) in [6, 6.07) is 3.89. The van der Waals surface area contributed by atoms with Crippen molar-refractivity contribution in [3.8, 4) is 0 Å². The zero-order valence-electron chi connectivity index (χ0n) is 11.8. The Bertz CT molecular complexity index is 652. The SMILES string of the molecule is Cc1ccnc(NC(=O)c2cncc(C3CCCN3)n2)c1. The van der Waals surface area contributed by atoms with Crippen molar-refractivity contribution in [2.75, 3.05) is 11.9 Å². The molecule has 6 heteroatoms. The number of nitrogens with one attached hydrogen (secondary N) is 2. The van der Waals surface area contributed by atoms with Crippen molar-refractivity contribution in [1.29, 1.82) is 0 Å². The highest BCUT2D eigenvalue weighted by Gasteiger charge is 2.19. The molecule has 2 aromatic heterocycles. The van der Waals surface area contributed by atoms with E-state index in [1.165, 1.54) is 6.20 Å². The van der Waals surface area contributed by atoms with Crippen molar-refractivity contribution >= 4 is 11.7 Å². The van der Waals surface area contributed by atoms with Crippen LogP contribution in [0.5, 0.6) is 0 Å². The third-order valence-electron chi connectivity index (χ3n) is 3.46. The lowest BCUT2D eigenvalue weighted by Gasteiger charge is -2.10. The molecule has 21 heavy (non-hydrogen) atoms. The fourth-order valence-corrected chi connectivity index (χ4v) is 2.38. The summed E-state index contributed by atoms with van der Waals surface area (Å²) in [4.78, 5) is 24.9. The van der Waals surface area contributed by atoms with Crippen LogP contribution in [0, 0.1) is 6.92 Å². The zero-order chi connectivity index (χ0) is 14.7. The van der Waals surface area contributed by atoms with Gasteiger partial charge in [-0.3, -0.25) is 9.78 Å². The number of nitrogens with zero attached hydrogens (tertiary/aromatic N) is 3. The number of aryl methyl sites for hydroxylation is 1. The molecule has 1 aliphatic heterocycles. The largest absolute Gasteiger partial charge is 0.309 e. The van der Waals surface area contributed by atoms with E-state index in [9.17, 15) is 4.79 Å². The predicted octanol–water partition coefficient (Wildman–Crippen LogP) is 1.86. The fraction of sp³-hybridized carbons (Fsp3) is 0.333. The Kier molecular flexibility index (Phi) is 3.87. The van der Waals surface area contributed by atoms with Gasteiger partial charge in [0.1, 0.15) is 11.5 Å². The minimum atomic E-state index is -0.291. The fourth-order valence-electron chi connectivity index (χ4n) is 2.38. The molecular weight excluding hydrogens is 266 g/mol. The van der Waals surface area contributed by atoms with Crippen LogP contribution in [-0.2, 0) is 0 Å². The van der Waals surface area contributed by atoms with Crippen LogP contribution in [0.15, 0.2) is 30.7 Å². The van der Waals surface area contributed by atoms with E-state index in [2.05, 4.69) is 25.6 Å². The number of carbonyl (C=O) groups is 1. The minimum absolute atomic E-state index is 0.197. The Morgan fingerprint density at radius 3 is 3.10 bits per heavy atom. The average molecular weight is 283 g/mol. The second kappa shape index (κ2) is 5.97. The van der Waals surface area contributed by atoms with E-state index in [4.69, 9.17) is 0 Å². The first-order valence-electron chi connectivity index (χ1n) is 7.02. The lowest BCUT2D eigenvalue weighted by Crippen LogP contribution is -2.19. The number of hydrogen-bond donors (Lipinski definition) is 2. The van der Waals surface area contributed by atoms with Gasteiger partial charge in [-0.2, -0.15) is 0 Å². The van der Waals surface area contributed by atoms with E-state index in [1.807, 2.05) is 19.1 Å². The van der Waals surface area contributed by atoms with E-state index in [-0.39, 0.29) is 11.9 Å². The van der Waals surface area contributed by atoms with Gasteiger partial charge in [-0.25, -0.2) is 9.97 Å². The molecule has 0 aliphatic carbocycles. The molecule has 1 atom stereocenters. The van der Waals surface area contributed by atoms with E-state index in [1.54, 1.807) is 12.4 Å². The van der Waals surface area contributed by atoms with Crippen molar-refractivity contribution in [2.24, 2.45) is 0 Å². The maximum Gasteiger partial charge on any atom is 0.277 e. The molecule has 1 saturated heterocycles. The number of amides is 1. The molecule has 2 aromatic rings. The zero-order valence-corrected chi connectivity index (χ0v) is 11.8. The highest BCUT2D eigenvalue weighted by atomic mass is 16.1. The summed E-state index contributed by atoms with van der Waals surface area (Å²) in [6.45, 7) is 2.93. The van der Waals surface area contributed by atoms with Gasteiger partial charge >= 0.3 is 0 Å². The lowest BCUT2D eigenvalue weighted by molar-refractivity contribution is 0.102. The highest BCUT2D eigenvalue weighted by molar-refractivity contribution is 6.02. The van der Waals surface area contributed by atoms with Crippen LogP contribution in [0.2, 0.25) is 0 Å². The molecule has 108 valence electrons. The number of rotatable bonds is 3. The summed E-state index contributed by atoms with van der Waals surface area (Å²) < 4.78 is 0. The van der Waals surface area contributed by atoms with Crippen molar-refractivity contribution in [3.63, 3.8) is 0 Å². The molecule has 6 nitrogen and oxygen atoms in total. The summed E-state index contributed by atoms with van der Waals surface area (Å²) >= 11 is 0. The number of aromatic nitrogens is 3. The molecule has 1 aliphatic rings. The van der Waals surface area contributed by atoms with Crippen LogP contribution in [0.3, 0.4) is 0 Å². The Morgan fingerprint density at radius 2 is 2.33 bits per heavy atom. The predicted molar refractivity (Wildman–Crippen MR) is 78.9 cm³/mol. The third kappa shape index (κ3) is 3.22. The molecule has 0 bridgehead atoms. The van der Waals surface area contributed by atoms with Crippen molar-refractivity contribution in [3.05, 3.63) is 47.7 Å². The quantitative estimate of drug-likeness (QED) is 0.898. The second-order valence-corrected chi connectivity index (χ2v) is 5.15. The normalized spacial score (nSPS) is 17.7. The molecule has 1 fully saturated rings. The topological polar surface area (TPSA) is 79.8 Å². The smallest absolute Gasteiger partial charge is 0.277 e. The lowest BCUT2D eigenvalue weighted by atomic mass is 10.1. The number of hydrogen-bond acceptors (Lipinski definition) is 5. The van der Waals surface area contributed by atoms with E-state index < -0.39 is 0 Å². The molecule has 0 radical (unpaired) electrons. The average Bonchev–Trinajstić information content (AvgIpc) is 3.02. The first-order chi connectivity index (χ1) is 10.2. The van der Waals surface area contributed by atoms with Gasteiger partial charge in [0.2, 0.25) is 0 Å². The first-order valence-corrected chi connectivity index (χ1v) is 7.02. The maximum absolute atomic E-state index is 12.2. The van der Waals surface area contributed by atoms with Crippen LogP contribution in [0.4, 0.5) is 5.82 Å². The first kappa shape index (κ1) is 13.6. The van der Waals surface area contributed by atoms with Gasteiger partial charge in [-0.15, -0.1) is 0 Å². The van der Waals surface area contributed by atoms with Crippen LogP contribution >= 0.6 is 0 Å². The third-order valence-corrected chi connectivity index (χ3v) is 3.46. The van der Waals surface area contributed by atoms with Gasteiger partial charge in [0.25, 0.3) is 5.91 Å². The molecule has 1 amide bonds. The molecular formula is C15H17N5O. The molecule has 3 rings (SSSR count). The second-order valence-electron chi connectivity index (χ2n) is 5.15. The summed E-state index contributed by atoms with van der Waals surface area (Å²) in [5.74, 6) is 0.228. The van der Waals surface area contributed by atoms with Gasteiger partial charge in [-0.05, 0) is 44.0 Å². The molecule has 0 spiro atoms. The van der Waals surface area contributed by atoms with E-state index in [0.29, 0.717) is 11.5 Å². The summed E-state index contributed by atoms with van der Waals surface area (Å²) in [7, 11) is 0. The Balaban J connectivity index is 1.76. The highest BCUT2D eigenvalue weighted by Crippen LogP contribution is 2.20. The van der Waals surface area contributed by atoms with Crippen molar-refractivity contribution in [2.45, 2.75) is 25.8 Å². The number of anilines is 1. The Morgan fingerprint density at radius 1 is 1.43 bits per heavy atom. The van der Waals surface area contributed by atoms with Gasteiger partial charge < -0.3 is 10.6 Å².